The van der Waals surface area contributed by atoms with Crippen molar-refractivity contribution < 1.29 is 28.2 Å². The van der Waals surface area contributed by atoms with E-state index in [0.717, 1.165) is 55.1 Å². The van der Waals surface area contributed by atoms with Crippen molar-refractivity contribution in [3.63, 3.8) is 0 Å². The third-order valence-electron chi connectivity index (χ3n) is 10.9. The van der Waals surface area contributed by atoms with Gasteiger partial charge in [0.15, 0.2) is 17.7 Å². The highest BCUT2D eigenvalue weighted by Crippen LogP contribution is 2.68. The Morgan fingerprint density at radius 1 is 1.21 bits per heavy atom. The van der Waals surface area contributed by atoms with Crippen LogP contribution in [0.5, 0.6) is 0 Å². The SMILES string of the molecule is CSC(=O)[C@@]1(OC(=O)c2cocn2)CC[C@H]2[C@@H]3CCC4=Cc5c(cnn5-c5ccc(F)nc5)CC4(C)[C@H]3[C@@H](O)C[C@@]21C. The molecule has 0 spiro atoms. The van der Waals surface area contributed by atoms with Gasteiger partial charge in [-0.05, 0) is 91.7 Å². The van der Waals surface area contributed by atoms with Gasteiger partial charge in [0.2, 0.25) is 11.1 Å². The summed E-state index contributed by atoms with van der Waals surface area (Å²) in [7, 11) is 0. The van der Waals surface area contributed by atoms with Crippen LogP contribution in [-0.4, -0.2) is 53.9 Å². The van der Waals surface area contributed by atoms with Crippen molar-refractivity contribution in [2.24, 2.45) is 28.6 Å². The molecule has 1 unspecified atom stereocenters. The Bertz CT molecular complexity index is 1590. The quantitative estimate of drug-likeness (QED) is 0.328. The van der Waals surface area contributed by atoms with E-state index in [1.54, 1.807) is 17.0 Å². The molecule has 0 aromatic carbocycles. The predicted octanol–water partition coefficient (Wildman–Crippen LogP) is 5.03. The van der Waals surface area contributed by atoms with Crippen LogP contribution in [-0.2, 0) is 16.0 Å². The standard InChI is InChI=1S/C31H33FN4O5S/c1-29-11-17-13-35-36(19-5-7-25(32)33-14-19)23(17)10-18(29)4-6-20-21-8-9-31(28(39)42-3,30(21,2)12-24(37)26(20)29)41-27(38)22-15-40-16-34-22/h5,7,10,13-16,20-21,24,26,37H,4,6,8-9,11-12H2,1-3H3/t20-,21-,24-,26+,29?,30-,31-/m0/s1. The Labute approximate surface area is 246 Å². The molecule has 0 bridgehead atoms. The number of rotatable bonds is 4. The summed E-state index contributed by atoms with van der Waals surface area (Å²) in [5.41, 5.74) is 1.66. The highest BCUT2D eigenvalue weighted by atomic mass is 32.2. The maximum Gasteiger partial charge on any atom is 0.361 e. The number of aromatic nitrogens is 4. The summed E-state index contributed by atoms with van der Waals surface area (Å²) in [5, 5.41) is 16.4. The lowest BCUT2D eigenvalue weighted by molar-refractivity contribution is -0.174. The zero-order valence-electron chi connectivity index (χ0n) is 23.7. The number of oxazole rings is 1. The van der Waals surface area contributed by atoms with Gasteiger partial charge in [0.05, 0.1) is 29.9 Å². The Kier molecular flexibility index (Phi) is 6.29. The first kappa shape index (κ1) is 27.5. The monoisotopic (exact) mass is 592 g/mol. The predicted molar refractivity (Wildman–Crippen MR) is 152 cm³/mol. The van der Waals surface area contributed by atoms with Crippen molar-refractivity contribution in [1.29, 1.82) is 0 Å². The molecular weight excluding hydrogens is 559 g/mol. The third kappa shape index (κ3) is 3.75. The van der Waals surface area contributed by atoms with Gasteiger partial charge in [0.1, 0.15) is 6.26 Å². The van der Waals surface area contributed by atoms with Crippen LogP contribution in [0.4, 0.5) is 4.39 Å². The molecule has 11 heteroatoms. The van der Waals surface area contributed by atoms with Crippen molar-refractivity contribution >= 4 is 28.9 Å². The molecular formula is C31H33FN4O5S. The fraction of sp³-hybridized carbons (Fsp3) is 0.516. The second kappa shape index (κ2) is 9.60. The molecule has 4 aliphatic rings. The molecule has 0 saturated heterocycles. The number of aliphatic hydroxyl groups excluding tert-OH is 1. The number of fused-ring (bicyclic) bond motifs is 6. The first-order valence-electron chi connectivity index (χ1n) is 14.4. The number of hydrogen-bond acceptors (Lipinski definition) is 9. The molecule has 3 aromatic heterocycles. The highest BCUT2D eigenvalue weighted by molar-refractivity contribution is 8.13. The lowest BCUT2D eigenvalue weighted by Gasteiger charge is -2.60. The molecule has 1 N–H and O–H groups in total. The second-order valence-corrected chi connectivity index (χ2v) is 13.5. The molecule has 220 valence electrons. The number of hydrogen-bond donors (Lipinski definition) is 1. The Balaban J connectivity index is 1.23. The van der Waals surface area contributed by atoms with E-state index < -0.39 is 29.0 Å². The van der Waals surface area contributed by atoms with Crippen molar-refractivity contribution in [2.75, 3.05) is 6.26 Å². The van der Waals surface area contributed by atoms with Crippen molar-refractivity contribution in [2.45, 2.75) is 64.1 Å². The molecule has 4 aliphatic carbocycles. The van der Waals surface area contributed by atoms with Crippen LogP contribution in [0.15, 0.2) is 47.2 Å². The molecule has 3 saturated carbocycles. The molecule has 0 amide bonds. The molecule has 7 atom stereocenters. The average Bonchev–Trinajstić information content (AvgIpc) is 3.70. The molecule has 42 heavy (non-hydrogen) atoms. The minimum absolute atomic E-state index is 0.0222. The van der Waals surface area contributed by atoms with E-state index in [0.29, 0.717) is 18.5 Å². The van der Waals surface area contributed by atoms with Gasteiger partial charge in [-0.25, -0.2) is 19.4 Å². The largest absolute Gasteiger partial charge is 0.451 e. The normalized spacial score (nSPS) is 34.9. The van der Waals surface area contributed by atoms with Crippen molar-refractivity contribution in [1.82, 2.24) is 19.7 Å². The summed E-state index contributed by atoms with van der Waals surface area (Å²) in [5.74, 6) is -0.990. The Hall–Kier alpha value is -3.31. The Morgan fingerprint density at radius 2 is 2.05 bits per heavy atom. The van der Waals surface area contributed by atoms with Gasteiger partial charge in [0.25, 0.3) is 0 Å². The fourth-order valence-electron chi connectivity index (χ4n) is 9.11. The number of esters is 1. The number of nitrogens with zero attached hydrogens (tertiary/aromatic N) is 4. The van der Waals surface area contributed by atoms with Gasteiger partial charge in [-0.1, -0.05) is 31.2 Å². The van der Waals surface area contributed by atoms with E-state index in [2.05, 4.69) is 28.1 Å². The second-order valence-electron chi connectivity index (χ2n) is 12.7. The molecule has 0 radical (unpaired) electrons. The van der Waals surface area contributed by atoms with Gasteiger partial charge >= 0.3 is 5.97 Å². The number of allylic oxidation sites excluding steroid dienone is 1. The molecule has 9 nitrogen and oxygen atoms in total. The van der Waals surface area contributed by atoms with E-state index in [1.807, 2.05) is 13.1 Å². The van der Waals surface area contributed by atoms with E-state index >= 15 is 0 Å². The van der Waals surface area contributed by atoms with Gasteiger partial charge in [-0.2, -0.15) is 9.49 Å². The molecule has 7 rings (SSSR count). The van der Waals surface area contributed by atoms with E-state index in [1.165, 1.54) is 24.1 Å². The minimum atomic E-state index is -1.36. The number of halogens is 1. The van der Waals surface area contributed by atoms with Crippen LogP contribution in [0.2, 0.25) is 0 Å². The first-order valence-corrected chi connectivity index (χ1v) is 15.6. The van der Waals surface area contributed by atoms with Crippen molar-refractivity contribution in [3.05, 3.63) is 65.7 Å². The van der Waals surface area contributed by atoms with Gasteiger partial charge in [0, 0.05) is 5.41 Å². The average molecular weight is 593 g/mol. The summed E-state index contributed by atoms with van der Waals surface area (Å²) < 4.78 is 26.4. The maximum absolute atomic E-state index is 13.7. The number of carbonyl (C=O) groups is 2. The van der Waals surface area contributed by atoms with Crippen LogP contribution in [0.3, 0.4) is 0 Å². The summed E-state index contributed by atoms with van der Waals surface area (Å²) >= 11 is 1.07. The third-order valence-corrected chi connectivity index (χ3v) is 11.6. The topological polar surface area (TPSA) is 120 Å². The van der Waals surface area contributed by atoms with Crippen LogP contribution in [0, 0.1) is 34.5 Å². The van der Waals surface area contributed by atoms with Crippen LogP contribution in [0.1, 0.15) is 67.7 Å². The van der Waals surface area contributed by atoms with Crippen LogP contribution >= 0.6 is 11.8 Å². The number of ether oxygens (including phenoxy) is 1. The fourth-order valence-corrected chi connectivity index (χ4v) is 9.81. The zero-order valence-corrected chi connectivity index (χ0v) is 24.6. The van der Waals surface area contributed by atoms with E-state index in [9.17, 15) is 19.1 Å². The highest BCUT2D eigenvalue weighted by Gasteiger charge is 2.70. The zero-order chi connectivity index (χ0) is 29.4. The number of pyridine rings is 1. The summed E-state index contributed by atoms with van der Waals surface area (Å²) in [6, 6.07) is 3.00. The minimum Gasteiger partial charge on any atom is -0.451 e. The molecule has 0 aliphatic heterocycles. The first-order chi connectivity index (χ1) is 20.1. The molecule has 3 heterocycles. The van der Waals surface area contributed by atoms with Crippen LogP contribution < -0.4 is 0 Å². The van der Waals surface area contributed by atoms with Crippen molar-refractivity contribution in [3.8, 4) is 5.69 Å². The summed E-state index contributed by atoms with van der Waals surface area (Å²) in [6.07, 6.45) is 12.9. The lowest BCUT2D eigenvalue weighted by atomic mass is 9.45. The van der Waals surface area contributed by atoms with Gasteiger partial charge in [-0.15, -0.1) is 0 Å². The number of aliphatic hydroxyl groups is 1. The Morgan fingerprint density at radius 3 is 2.76 bits per heavy atom. The van der Waals surface area contributed by atoms with E-state index in [-0.39, 0.29) is 34.0 Å². The number of thioether (sulfide) groups is 1. The summed E-state index contributed by atoms with van der Waals surface area (Å²) in [6.45, 7) is 4.28. The molecule has 3 fully saturated rings. The van der Waals surface area contributed by atoms with Gasteiger partial charge < -0.3 is 14.3 Å². The smallest absolute Gasteiger partial charge is 0.361 e. The van der Waals surface area contributed by atoms with Crippen LogP contribution in [0.25, 0.3) is 11.8 Å². The number of carbonyl (C=O) groups excluding carboxylic acids is 2. The maximum atomic E-state index is 13.7. The lowest BCUT2D eigenvalue weighted by Crippen LogP contribution is -2.62. The summed E-state index contributed by atoms with van der Waals surface area (Å²) in [4.78, 5) is 34.5. The molecule has 3 aromatic rings. The van der Waals surface area contributed by atoms with E-state index in [4.69, 9.17) is 9.15 Å². The van der Waals surface area contributed by atoms with Gasteiger partial charge in [-0.3, -0.25) is 4.79 Å².